The van der Waals surface area contributed by atoms with Crippen LogP contribution in [0.15, 0.2) is 29.1 Å². The van der Waals surface area contributed by atoms with Crippen molar-refractivity contribution in [1.82, 2.24) is 9.97 Å². The number of aryl methyl sites for hydroxylation is 1. The summed E-state index contributed by atoms with van der Waals surface area (Å²) >= 11 is 5.88. The molecule has 1 heterocycles. The molecular weight excluding hydrogens is 298 g/mol. The van der Waals surface area contributed by atoms with Gasteiger partial charge >= 0.3 is 0 Å². The molecule has 2 rings (SSSR count). The summed E-state index contributed by atoms with van der Waals surface area (Å²) in [7, 11) is 0. The number of nitrogens with zero attached hydrogens (tertiary/aromatic N) is 1. The van der Waals surface area contributed by atoms with Gasteiger partial charge in [-0.05, 0) is 31.0 Å². The van der Waals surface area contributed by atoms with Crippen LogP contribution in [0.2, 0.25) is 5.02 Å². The summed E-state index contributed by atoms with van der Waals surface area (Å²) in [5.41, 5.74) is 2.42. The first kappa shape index (κ1) is 16.6. The molecule has 2 aromatic rings. The molecule has 1 aromatic heterocycles. The van der Waals surface area contributed by atoms with Crippen LogP contribution in [0.3, 0.4) is 0 Å². The molecule has 0 radical (unpaired) electrons. The van der Waals surface area contributed by atoms with Gasteiger partial charge in [0.2, 0.25) is 5.95 Å². The molecule has 0 fully saturated rings. The van der Waals surface area contributed by atoms with E-state index in [1.807, 2.05) is 31.2 Å². The summed E-state index contributed by atoms with van der Waals surface area (Å²) in [5, 5.41) is 3.87. The zero-order valence-corrected chi connectivity index (χ0v) is 13.8. The molecule has 22 heavy (non-hydrogen) atoms. The van der Waals surface area contributed by atoms with Crippen molar-refractivity contribution in [2.75, 3.05) is 11.9 Å². The second kappa shape index (κ2) is 7.99. The van der Waals surface area contributed by atoms with E-state index in [-0.39, 0.29) is 5.56 Å². The van der Waals surface area contributed by atoms with Gasteiger partial charge in [0.25, 0.3) is 5.56 Å². The van der Waals surface area contributed by atoms with Gasteiger partial charge < -0.3 is 5.32 Å². The molecule has 0 aliphatic rings. The topological polar surface area (TPSA) is 57.8 Å². The van der Waals surface area contributed by atoms with Crippen molar-refractivity contribution in [3.63, 3.8) is 0 Å². The number of anilines is 1. The quantitative estimate of drug-likeness (QED) is 0.760. The van der Waals surface area contributed by atoms with Crippen LogP contribution in [0.4, 0.5) is 5.95 Å². The highest BCUT2D eigenvalue weighted by Gasteiger charge is 2.09. The summed E-state index contributed by atoms with van der Waals surface area (Å²) in [6.45, 7) is 4.86. The number of hydrogen-bond donors (Lipinski definition) is 2. The van der Waals surface area contributed by atoms with E-state index in [0.717, 1.165) is 24.2 Å². The first-order valence-electron chi connectivity index (χ1n) is 7.68. The Hall–Kier alpha value is -1.81. The zero-order chi connectivity index (χ0) is 15.9. The van der Waals surface area contributed by atoms with Crippen LogP contribution < -0.4 is 10.9 Å². The molecule has 0 unspecified atom stereocenters. The van der Waals surface area contributed by atoms with E-state index >= 15 is 0 Å². The maximum Gasteiger partial charge on any atom is 0.256 e. The molecule has 0 spiro atoms. The molecule has 0 saturated carbocycles. The molecule has 0 saturated heterocycles. The van der Waals surface area contributed by atoms with Gasteiger partial charge in [0, 0.05) is 23.6 Å². The van der Waals surface area contributed by atoms with Gasteiger partial charge in [-0.1, -0.05) is 43.5 Å². The van der Waals surface area contributed by atoms with Crippen molar-refractivity contribution in [2.24, 2.45) is 0 Å². The van der Waals surface area contributed by atoms with E-state index in [1.165, 1.54) is 12.8 Å². The lowest BCUT2D eigenvalue weighted by atomic mass is 10.1. The highest BCUT2D eigenvalue weighted by atomic mass is 35.5. The largest absolute Gasteiger partial charge is 0.356 e. The molecule has 0 aliphatic heterocycles. The van der Waals surface area contributed by atoms with E-state index in [9.17, 15) is 4.79 Å². The molecule has 0 atom stereocenters. The Morgan fingerprint density at radius 1 is 1.23 bits per heavy atom. The van der Waals surface area contributed by atoms with Crippen LogP contribution in [0.1, 0.15) is 43.0 Å². The molecule has 118 valence electrons. The smallest absolute Gasteiger partial charge is 0.256 e. The number of halogens is 1. The molecular formula is C17H22ClN3O. The Morgan fingerprint density at radius 3 is 2.59 bits per heavy atom. The predicted molar refractivity (Wildman–Crippen MR) is 91.9 cm³/mol. The van der Waals surface area contributed by atoms with Gasteiger partial charge in [-0.3, -0.25) is 9.78 Å². The van der Waals surface area contributed by atoms with Crippen LogP contribution in [0.25, 0.3) is 0 Å². The lowest BCUT2D eigenvalue weighted by molar-refractivity contribution is 0.739. The first-order valence-corrected chi connectivity index (χ1v) is 8.06. The molecule has 5 heteroatoms. The molecule has 0 aliphatic carbocycles. The number of rotatable bonds is 7. The van der Waals surface area contributed by atoms with Gasteiger partial charge in [-0.2, -0.15) is 0 Å². The molecule has 0 bridgehead atoms. The normalized spacial score (nSPS) is 10.7. The van der Waals surface area contributed by atoms with Crippen LogP contribution in [0.5, 0.6) is 0 Å². The number of aromatic nitrogens is 2. The third-order valence-electron chi connectivity index (χ3n) is 3.59. The number of H-pyrrole nitrogens is 1. The van der Waals surface area contributed by atoms with E-state index in [1.54, 1.807) is 0 Å². The van der Waals surface area contributed by atoms with Crippen molar-refractivity contribution in [3.8, 4) is 0 Å². The van der Waals surface area contributed by atoms with Crippen molar-refractivity contribution in [3.05, 3.63) is 56.5 Å². The van der Waals surface area contributed by atoms with Crippen LogP contribution in [-0.4, -0.2) is 16.5 Å². The second-order valence-electron chi connectivity index (χ2n) is 5.42. The van der Waals surface area contributed by atoms with E-state index < -0.39 is 0 Å². The molecule has 1 aromatic carbocycles. The van der Waals surface area contributed by atoms with Crippen molar-refractivity contribution in [1.29, 1.82) is 0 Å². The monoisotopic (exact) mass is 319 g/mol. The van der Waals surface area contributed by atoms with E-state index in [0.29, 0.717) is 23.0 Å². The summed E-state index contributed by atoms with van der Waals surface area (Å²) in [6, 6.07) is 7.52. The highest BCUT2D eigenvalue weighted by Crippen LogP contribution is 2.13. The minimum atomic E-state index is -0.0829. The third kappa shape index (κ3) is 4.60. The lowest BCUT2D eigenvalue weighted by Gasteiger charge is -2.09. The summed E-state index contributed by atoms with van der Waals surface area (Å²) < 4.78 is 0. The SMILES string of the molecule is CCCCCNc1nc(C)c(Cc2ccc(Cl)cc2)c(=O)[nH]1. The Kier molecular flexibility index (Phi) is 6.01. The van der Waals surface area contributed by atoms with E-state index in [4.69, 9.17) is 11.6 Å². The van der Waals surface area contributed by atoms with Gasteiger partial charge in [0.1, 0.15) is 0 Å². The number of benzene rings is 1. The number of hydrogen-bond acceptors (Lipinski definition) is 3. The Balaban J connectivity index is 2.09. The van der Waals surface area contributed by atoms with Crippen molar-refractivity contribution < 1.29 is 0 Å². The van der Waals surface area contributed by atoms with Crippen LogP contribution in [0, 0.1) is 6.92 Å². The highest BCUT2D eigenvalue weighted by molar-refractivity contribution is 6.30. The van der Waals surface area contributed by atoms with Crippen molar-refractivity contribution in [2.45, 2.75) is 39.5 Å². The Morgan fingerprint density at radius 2 is 1.95 bits per heavy atom. The average molecular weight is 320 g/mol. The summed E-state index contributed by atoms with van der Waals surface area (Å²) in [6.07, 6.45) is 3.97. The van der Waals surface area contributed by atoms with Crippen LogP contribution >= 0.6 is 11.6 Å². The third-order valence-corrected chi connectivity index (χ3v) is 3.84. The fraction of sp³-hybridized carbons (Fsp3) is 0.412. The van der Waals surface area contributed by atoms with Crippen LogP contribution in [-0.2, 0) is 6.42 Å². The number of aromatic amines is 1. The fourth-order valence-electron chi connectivity index (χ4n) is 2.29. The van der Waals surface area contributed by atoms with Gasteiger partial charge in [0.15, 0.2) is 0 Å². The Bertz CT molecular complexity index is 665. The van der Waals surface area contributed by atoms with Gasteiger partial charge in [0.05, 0.1) is 5.69 Å². The first-order chi connectivity index (χ1) is 10.6. The van der Waals surface area contributed by atoms with Gasteiger partial charge in [-0.25, -0.2) is 4.98 Å². The van der Waals surface area contributed by atoms with E-state index in [2.05, 4.69) is 22.2 Å². The van der Waals surface area contributed by atoms with Crippen molar-refractivity contribution >= 4 is 17.5 Å². The number of nitrogens with one attached hydrogen (secondary N) is 2. The zero-order valence-electron chi connectivity index (χ0n) is 13.1. The minimum Gasteiger partial charge on any atom is -0.356 e. The summed E-state index contributed by atoms with van der Waals surface area (Å²) in [5.74, 6) is 0.554. The molecule has 2 N–H and O–H groups in total. The predicted octanol–water partition coefficient (Wildman–Crippen LogP) is 3.92. The molecule has 0 amide bonds. The summed E-state index contributed by atoms with van der Waals surface area (Å²) in [4.78, 5) is 19.5. The number of unbranched alkanes of at least 4 members (excludes halogenated alkanes) is 2. The lowest BCUT2D eigenvalue weighted by Crippen LogP contribution is -2.20. The molecule has 4 nitrogen and oxygen atoms in total. The second-order valence-corrected chi connectivity index (χ2v) is 5.85. The average Bonchev–Trinajstić information content (AvgIpc) is 2.49. The standard InChI is InChI=1S/C17H22ClN3O/c1-3-4-5-10-19-17-20-12(2)15(16(22)21-17)11-13-6-8-14(18)9-7-13/h6-9H,3-5,10-11H2,1-2H3,(H2,19,20,21,22). The maximum atomic E-state index is 12.3. The van der Waals surface area contributed by atoms with Gasteiger partial charge in [-0.15, -0.1) is 0 Å². The minimum absolute atomic E-state index is 0.0829. The fourth-order valence-corrected chi connectivity index (χ4v) is 2.42. The Labute approximate surface area is 135 Å². The maximum absolute atomic E-state index is 12.3.